The van der Waals surface area contributed by atoms with Crippen molar-refractivity contribution in [2.45, 2.75) is 13.3 Å². The van der Waals surface area contributed by atoms with Gasteiger partial charge in [-0.15, -0.1) is 0 Å². The number of nitrogens with two attached hydrogens (primary N) is 1. The average molecular weight is 180 g/mol. The lowest BCUT2D eigenvalue weighted by atomic mass is 10.4. The molecule has 0 spiro atoms. The van der Waals surface area contributed by atoms with E-state index in [0.717, 1.165) is 0 Å². The van der Waals surface area contributed by atoms with E-state index in [1.165, 1.54) is 6.92 Å². The molecule has 0 aromatic rings. The van der Waals surface area contributed by atoms with Crippen LogP contribution < -0.4 is 5.73 Å². The fraction of sp³-hybridized carbons (Fsp3) is 0.667. The summed E-state index contributed by atoms with van der Waals surface area (Å²) < 4.78 is 23.5. The van der Waals surface area contributed by atoms with Crippen LogP contribution in [0.5, 0.6) is 0 Å². The molecule has 0 atom stereocenters. The molecule has 0 aliphatic heterocycles. The molecule has 2 N–H and O–H groups in total. The summed E-state index contributed by atoms with van der Waals surface area (Å²) in [5.74, 6) is -2.16. The third kappa shape index (κ3) is 3.27. The Morgan fingerprint density at radius 1 is 1.50 bits per heavy atom. The molecule has 0 radical (unpaired) electrons. The molecule has 70 valence electrons. The maximum atomic E-state index is 11.8. The first-order valence-corrected chi connectivity index (χ1v) is 3.34. The second-order valence-corrected chi connectivity index (χ2v) is 2.12. The Bertz CT molecular complexity index is 184. The Morgan fingerprint density at radius 3 is 2.25 bits per heavy atom. The van der Waals surface area contributed by atoms with E-state index >= 15 is 0 Å². The van der Waals surface area contributed by atoms with Gasteiger partial charge in [0.15, 0.2) is 0 Å². The lowest BCUT2D eigenvalue weighted by molar-refractivity contribution is -0.144. The molecule has 0 rings (SSSR count). The topological polar surface area (TPSA) is 63.4 Å². The van der Waals surface area contributed by atoms with E-state index < -0.39 is 24.8 Å². The minimum absolute atomic E-state index is 0.0477. The summed E-state index contributed by atoms with van der Waals surface area (Å²) in [5.41, 5.74) is 4.73. The molecule has 0 aliphatic rings. The summed E-state index contributed by atoms with van der Waals surface area (Å²) in [5, 5.41) is 0. The van der Waals surface area contributed by atoms with Crippen LogP contribution in [0.15, 0.2) is 0 Å². The number of rotatable bonds is 4. The number of amides is 2. The number of hydrogen-bond acceptors (Lipinski definition) is 2. The number of halogens is 2. The molecule has 2 amide bonds. The Balaban J connectivity index is 4.15. The van der Waals surface area contributed by atoms with Crippen molar-refractivity contribution in [1.29, 1.82) is 0 Å². The van der Waals surface area contributed by atoms with E-state index in [1.807, 2.05) is 0 Å². The fourth-order valence-corrected chi connectivity index (χ4v) is 0.672. The fourth-order valence-electron chi connectivity index (χ4n) is 0.672. The largest absolute Gasteiger partial charge is 0.368 e. The van der Waals surface area contributed by atoms with Gasteiger partial charge in [0.05, 0.1) is 6.54 Å². The van der Waals surface area contributed by atoms with Crippen molar-refractivity contribution < 1.29 is 18.4 Å². The third-order valence-corrected chi connectivity index (χ3v) is 1.23. The molecule has 0 bridgehead atoms. The average Bonchev–Trinajstić information content (AvgIpc) is 1.98. The molecule has 0 saturated carbocycles. The molecule has 0 heterocycles. The van der Waals surface area contributed by atoms with Crippen molar-refractivity contribution in [2.24, 2.45) is 5.73 Å². The highest BCUT2D eigenvalue weighted by Crippen LogP contribution is 1.99. The normalized spacial score (nSPS) is 10.0. The quantitative estimate of drug-likeness (QED) is 0.639. The van der Waals surface area contributed by atoms with Gasteiger partial charge in [0.25, 0.3) is 5.91 Å². The first-order valence-electron chi connectivity index (χ1n) is 3.34. The standard InChI is InChI=1S/C6H10F2N2O2/c1-2-10(3-4(9)11)6(12)5(7)8/h5H,2-3H2,1H3,(H2,9,11). The second kappa shape index (κ2) is 4.63. The number of hydrogen-bond donors (Lipinski definition) is 1. The Hall–Kier alpha value is -1.20. The number of likely N-dealkylation sites (N-methyl/N-ethyl adjacent to an activating group) is 1. The zero-order valence-electron chi connectivity index (χ0n) is 6.59. The Labute approximate surface area is 68.3 Å². The summed E-state index contributed by atoms with van der Waals surface area (Å²) in [4.78, 5) is 21.6. The van der Waals surface area contributed by atoms with Crippen LogP contribution >= 0.6 is 0 Å². The van der Waals surface area contributed by atoms with Gasteiger partial charge in [-0.3, -0.25) is 9.59 Å². The SMILES string of the molecule is CCN(CC(N)=O)C(=O)C(F)F. The zero-order chi connectivity index (χ0) is 9.72. The van der Waals surface area contributed by atoms with Crippen LogP contribution in [0, 0.1) is 0 Å². The molecule has 0 aromatic carbocycles. The minimum Gasteiger partial charge on any atom is -0.368 e. The summed E-state index contributed by atoms with van der Waals surface area (Å²) in [6.07, 6.45) is -3.08. The number of carbonyl (C=O) groups is 2. The number of nitrogens with zero attached hydrogens (tertiary/aromatic N) is 1. The van der Waals surface area contributed by atoms with Crippen molar-refractivity contribution in [3.63, 3.8) is 0 Å². The highest BCUT2D eigenvalue weighted by atomic mass is 19.3. The van der Waals surface area contributed by atoms with Crippen molar-refractivity contribution >= 4 is 11.8 Å². The summed E-state index contributed by atoms with van der Waals surface area (Å²) in [6.45, 7) is 1.08. The van der Waals surface area contributed by atoms with Gasteiger partial charge in [0.1, 0.15) is 0 Å². The second-order valence-electron chi connectivity index (χ2n) is 2.12. The minimum atomic E-state index is -3.08. The van der Waals surface area contributed by atoms with E-state index in [0.29, 0.717) is 4.90 Å². The van der Waals surface area contributed by atoms with Gasteiger partial charge in [0.2, 0.25) is 5.91 Å². The first-order chi connectivity index (χ1) is 5.49. The molecule has 0 aromatic heterocycles. The molecule has 0 saturated heterocycles. The van der Waals surface area contributed by atoms with E-state index in [2.05, 4.69) is 0 Å². The molecular weight excluding hydrogens is 170 g/mol. The molecule has 6 heteroatoms. The van der Waals surface area contributed by atoms with Crippen LogP contribution in [-0.2, 0) is 9.59 Å². The van der Waals surface area contributed by atoms with Crippen LogP contribution in [-0.4, -0.2) is 36.2 Å². The van der Waals surface area contributed by atoms with Crippen LogP contribution in [0.4, 0.5) is 8.78 Å². The van der Waals surface area contributed by atoms with Gasteiger partial charge in [0, 0.05) is 6.54 Å². The van der Waals surface area contributed by atoms with Crippen molar-refractivity contribution in [3.8, 4) is 0 Å². The monoisotopic (exact) mass is 180 g/mol. The van der Waals surface area contributed by atoms with Crippen LogP contribution in [0.3, 0.4) is 0 Å². The van der Waals surface area contributed by atoms with Crippen molar-refractivity contribution in [2.75, 3.05) is 13.1 Å². The molecule has 0 fully saturated rings. The number of primary amides is 1. The van der Waals surface area contributed by atoms with E-state index in [4.69, 9.17) is 5.73 Å². The number of carbonyl (C=O) groups excluding carboxylic acids is 2. The van der Waals surface area contributed by atoms with Crippen LogP contribution in [0.25, 0.3) is 0 Å². The van der Waals surface area contributed by atoms with Gasteiger partial charge in [-0.1, -0.05) is 0 Å². The smallest absolute Gasteiger partial charge is 0.315 e. The summed E-state index contributed by atoms with van der Waals surface area (Å²) in [7, 11) is 0. The lowest BCUT2D eigenvalue weighted by Gasteiger charge is -2.17. The number of alkyl halides is 2. The molecule has 0 aliphatic carbocycles. The zero-order valence-corrected chi connectivity index (χ0v) is 6.59. The van der Waals surface area contributed by atoms with E-state index in [-0.39, 0.29) is 6.54 Å². The third-order valence-electron chi connectivity index (χ3n) is 1.23. The van der Waals surface area contributed by atoms with Gasteiger partial charge in [-0.2, -0.15) is 8.78 Å². The van der Waals surface area contributed by atoms with E-state index in [9.17, 15) is 18.4 Å². The maximum Gasteiger partial charge on any atom is 0.315 e. The maximum absolute atomic E-state index is 11.8. The molecular formula is C6H10F2N2O2. The van der Waals surface area contributed by atoms with Gasteiger partial charge < -0.3 is 10.6 Å². The van der Waals surface area contributed by atoms with E-state index in [1.54, 1.807) is 0 Å². The Kier molecular flexibility index (Phi) is 4.17. The first kappa shape index (κ1) is 10.8. The highest BCUT2D eigenvalue weighted by Gasteiger charge is 2.22. The summed E-state index contributed by atoms with van der Waals surface area (Å²) >= 11 is 0. The summed E-state index contributed by atoms with van der Waals surface area (Å²) in [6, 6.07) is 0. The Morgan fingerprint density at radius 2 is 2.00 bits per heavy atom. The highest BCUT2D eigenvalue weighted by molar-refractivity contribution is 5.85. The molecule has 0 unspecified atom stereocenters. The predicted molar refractivity (Wildman–Crippen MR) is 37.5 cm³/mol. The van der Waals surface area contributed by atoms with Crippen molar-refractivity contribution in [1.82, 2.24) is 4.90 Å². The molecule has 12 heavy (non-hydrogen) atoms. The van der Waals surface area contributed by atoms with Gasteiger partial charge >= 0.3 is 6.43 Å². The molecule has 4 nitrogen and oxygen atoms in total. The van der Waals surface area contributed by atoms with Crippen LogP contribution in [0.1, 0.15) is 6.92 Å². The lowest BCUT2D eigenvalue weighted by Crippen LogP contribution is -2.41. The van der Waals surface area contributed by atoms with Gasteiger partial charge in [-0.05, 0) is 6.92 Å². The van der Waals surface area contributed by atoms with Gasteiger partial charge in [-0.25, -0.2) is 0 Å². The van der Waals surface area contributed by atoms with Crippen molar-refractivity contribution in [3.05, 3.63) is 0 Å². The predicted octanol–water partition coefficient (Wildman–Crippen LogP) is -0.415. The van der Waals surface area contributed by atoms with Crippen LogP contribution in [0.2, 0.25) is 0 Å².